The van der Waals surface area contributed by atoms with Gasteiger partial charge in [0, 0.05) is 19.1 Å². The molecule has 18 heavy (non-hydrogen) atoms. The number of anilines is 1. The van der Waals surface area contributed by atoms with Crippen molar-refractivity contribution in [3.05, 3.63) is 22.8 Å². The number of hydrogen-bond acceptors (Lipinski definition) is 3. The Kier molecular flexibility index (Phi) is 4.84. The topological polar surface area (TPSA) is 28.2 Å². The summed E-state index contributed by atoms with van der Waals surface area (Å²) in [5, 5.41) is 4.01. The van der Waals surface area contributed by atoms with E-state index in [1.807, 2.05) is 12.1 Å². The maximum atomic E-state index is 6.25. The number of nitrogens with one attached hydrogen (secondary N) is 1. The summed E-state index contributed by atoms with van der Waals surface area (Å²) in [7, 11) is 0. The van der Waals surface area contributed by atoms with Gasteiger partial charge >= 0.3 is 0 Å². The Morgan fingerprint density at radius 1 is 1.39 bits per heavy atom. The van der Waals surface area contributed by atoms with Crippen LogP contribution in [-0.4, -0.2) is 29.0 Å². The molecule has 2 rings (SSSR count). The Bertz CT molecular complexity index is 391. The van der Waals surface area contributed by atoms with E-state index in [2.05, 4.69) is 29.0 Å². The van der Waals surface area contributed by atoms with Crippen molar-refractivity contribution in [3.8, 4) is 0 Å². The maximum Gasteiger partial charge on any atom is 0.126 e. The first-order valence-electron chi connectivity index (χ1n) is 6.88. The molecule has 1 N–H and O–H groups in total. The van der Waals surface area contributed by atoms with Crippen molar-refractivity contribution in [2.75, 3.05) is 18.4 Å². The molecule has 0 unspecified atom stereocenters. The zero-order chi connectivity index (χ0) is 13.0. The molecule has 0 spiro atoms. The molecule has 0 atom stereocenters. The van der Waals surface area contributed by atoms with Gasteiger partial charge in [0.05, 0.1) is 10.7 Å². The molecule has 4 heteroatoms. The molecule has 1 aromatic heterocycles. The van der Waals surface area contributed by atoms with Crippen LogP contribution in [0.2, 0.25) is 5.02 Å². The molecule has 100 valence electrons. The Hall–Kier alpha value is -0.800. The minimum atomic E-state index is 0.755. The van der Waals surface area contributed by atoms with Gasteiger partial charge in [0.25, 0.3) is 0 Å². The fourth-order valence-corrected chi connectivity index (χ4v) is 2.35. The lowest BCUT2D eigenvalue weighted by Crippen LogP contribution is -2.27. The van der Waals surface area contributed by atoms with Crippen LogP contribution in [0, 0.1) is 0 Å². The van der Waals surface area contributed by atoms with Crippen molar-refractivity contribution in [3.63, 3.8) is 0 Å². The number of halogens is 1. The van der Waals surface area contributed by atoms with Gasteiger partial charge in [0.2, 0.25) is 0 Å². The van der Waals surface area contributed by atoms with Crippen molar-refractivity contribution in [2.24, 2.45) is 0 Å². The van der Waals surface area contributed by atoms with Crippen LogP contribution in [0.1, 0.15) is 38.8 Å². The highest BCUT2D eigenvalue weighted by Gasteiger charge is 2.28. The highest BCUT2D eigenvalue weighted by Crippen LogP contribution is 2.29. The molecule has 0 bridgehead atoms. The van der Waals surface area contributed by atoms with E-state index in [-0.39, 0.29) is 0 Å². The summed E-state index contributed by atoms with van der Waals surface area (Å²) in [6.07, 6.45) is 3.83. The third kappa shape index (κ3) is 3.59. The van der Waals surface area contributed by atoms with E-state index in [1.165, 1.54) is 19.3 Å². The molecular weight excluding hydrogens is 246 g/mol. The smallest absolute Gasteiger partial charge is 0.126 e. The number of rotatable bonds is 7. The Morgan fingerprint density at radius 3 is 2.78 bits per heavy atom. The van der Waals surface area contributed by atoms with Crippen LogP contribution in [-0.2, 0) is 6.54 Å². The fourth-order valence-electron chi connectivity index (χ4n) is 2.18. The molecule has 0 aromatic carbocycles. The van der Waals surface area contributed by atoms with Gasteiger partial charge in [-0.15, -0.1) is 0 Å². The number of hydrogen-bond donors (Lipinski definition) is 1. The maximum absolute atomic E-state index is 6.25. The van der Waals surface area contributed by atoms with E-state index in [9.17, 15) is 0 Å². The van der Waals surface area contributed by atoms with Crippen LogP contribution in [0.15, 0.2) is 12.1 Å². The van der Waals surface area contributed by atoms with Crippen LogP contribution in [0.5, 0.6) is 0 Å². The molecule has 1 saturated carbocycles. The average Bonchev–Trinajstić information content (AvgIpc) is 3.17. The Balaban J connectivity index is 2.07. The third-order valence-electron chi connectivity index (χ3n) is 3.20. The van der Waals surface area contributed by atoms with Gasteiger partial charge in [-0.05, 0) is 44.9 Å². The third-order valence-corrected chi connectivity index (χ3v) is 3.55. The lowest BCUT2D eigenvalue weighted by atomic mass is 10.3. The van der Waals surface area contributed by atoms with E-state index in [1.54, 1.807) is 0 Å². The van der Waals surface area contributed by atoms with Crippen molar-refractivity contribution >= 4 is 17.4 Å². The average molecular weight is 268 g/mol. The van der Waals surface area contributed by atoms with Crippen molar-refractivity contribution < 1.29 is 0 Å². The lowest BCUT2D eigenvalue weighted by Gasteiger charge is -2.21. The summed E-state index contributed by atoms with van der Waals surface area (Å²) in [6, 6.07) is 4.64. The van der Waals surface area contributed by atoms with Gasteiger partial charge in [0.15, 0.2) is 0 Å². The second-order valence-electron chi connectivity index (χ2n) is 4.86. The summed E-state index contributed by atoms with van der Waals surface area (Å²) in [4.78, 5) is 7.11. The van der Waals surface area contributed by atoms with Crippen LogP contribution >= 0.6 is 11.6 Å². The summed E-state index contributed by atoms with van der Waals surface area (Å²) in [5.74, 6) is 0.921. The largest absolute Gasteiger partial charge is 0.370 e. The van der Waals surface area contributed by atoms with Crippen molar-refractivity contribution in [2.45, 2.75) is 45.7 Å². The fraction of sp³-hybridized carbons (Fsp3) is 0.643. The van der Waals surface area contributed by atoms with Crippen LogP contribution in [0.3, 0.4) is 0 Å². The lowest BCUT2D eigenvalue weighted by molar-refractivity contribution is 0.252. The second-order valence-corrected chi connectivity index (χ2v) is 5.26. The van der Waals surface area contributed by atoms with Crippen molar-refractivity contribution in [1.82, 2.24) is 9.88 Å². The quantitative estimate of drug-likeness (QED) is 0.819. The summed E-state index contributed by atoms with van der Waals surface area (Å²) in [6.45, 7) is 7.18. The van der Waals surface area contributed by atoms with Gasteiger partial charge in [-0.3, -0.25) is 4.90 Å². The van der Waals surface area contributed by atoms with Crippen LogP contribution in [0.4, 0.5) is 5.82 Å². The molecule has 1 heterocycles. The van der Waals surface area contributed by atoms with E-state index >= 15 is 0 Å². The zero-order valence-corrected chi connectivity index (χ0v) is 12.0. The van der Waals surface area contributed by atoms with Gasteiger partial charge < -0.3 is 5.32 Å². The van der Waals surface area contributed by atoms with Gasteiger partial charge in [0.1, 0.15) is 5.82 Å². The first-order valence-corrected chi connectivity index (χ1v) is 7.25. The highest BCUT2D eigenvalue weighted by atomic mass is 35.5. The molecule has 1 aromatic rings. The molecule has 3 nitrogen and oxygen atoms in total. The van der Waals surface area contributed by atoms with E-state index in [0.29, 0.717) is 0 Å². The van der Waals surface area contributed by atoms with Crippen molar-refractivity contribution in [1.29, 1.82) is 0 Å². The highest BCUT2D eigenvalue weighted by molar-refractivity contribution is 6.31. The predicted octanol–water partition coefficient (Wildman–Crippen LogP) is 3.54. The Labute approximate surface area is 115 Å². The molecule has 1 aliphatic rings. The SMILES string of the molecule is CCCN(Cc1nc(NCC)ccc1Cl)C1CC1. The summed E-state index contributed by atoms with van der Waals surface area (Å²) in [5.41, 5.74) is 0.996. The molecular formula is C14H22ClN3. The minimum absolute atomic E-state index is 0.755. The molecule has 1 fully saturated rings. The number of nitrogens with zero attached hydrogens (tertiary/aromatic N) is 2. The molecule has 0 amide bonds. The summed E-state index contributed by atoms with van der Waals surface area (Å²) < 4.78 is 0. The second kappa shape index (κ2) is 6.39. The number of pyridine rings is 1. The predicted molar refractivity (Wildman–Crippen MR) is 77.1 cm³/mol. The van der Waals surface area contributed by atoms with E-state index in [4.69, 9.17) is 11.6 Å². The van der Waals surface area contributed by atoms with E-state index < -0.39 is 0 Å². The van der Waals surface area contributed by atoms with Gasteiger partial charge in [-0.2, -0.15) is 0 Å². The zero-order valence-electron chi connectivity index (χ0n) is 11.2. The molecule has 1 aliphatic carbocycles. The monoisotopic (exact) mass is 267 g/mol. The normalized spacial score (nSPS) is 15.1. The first-order chi connectivity index (χ1) is 8.74. The molecule has 0 saturated heterocycles. The summed E-state index contributed by atoms with van der Waals surface area (Å²) >= 11 is 6.25. The van der Waals surface area contributed by atoms with Gasteiger partial charge in [-0.1, -0.05) is 18.5 Å². The molecule has 0 aliphatic heterocycles. The van der Waals surface area contributed by atoms with Crippen LogP contribution in [0.25, 0.3) is 0 Å². The minimum Gasteiger partial charge on any atom is -0.370 e. The standard InChI is InChI=1S/C14H22ClN3/c1-3-9-18(11-5-6-11)10-13-12(15)7-8-14(17-13)16-4-2/h7-8,11H,3-6,9-10H2,1-2H3,(H,16,17). The number of aromatic nitrogens is 1. The van der Waals surface area contributed by atoms with Gasteiger partial charge in [-0.25, -0.2) is 4.98 Å². The van der Waals surface area contributed by atoms with E-state index in [0.717, 1.165) is 42.2 Å². The Morgan fingerprint density at radius 2 is 2.17 bits per heavy atom. The van der Waals surface area contributed by atoms with Crippen LogP contribution < -0.4 is 5.32 Å². The first kappa shape index (κ1) is 13.6. The molecule has 0 radical (unpaired) electrons.